The Labute approximate surface area is 133 Å². The first kappa shape index (κ1) is 12.9. The lowest BCUT2D eigenvalue weighted by atomic mass is 10.0. The van der Waals surface area contributed by atoms with Crippen LogP contribution in [0.2, 0.25) is 0 Å². The molecule has 114 valence electrons. The van der Waals surface area contributed by atoms with Gasteiger partial charge < -0.3 is 5.32 Å². The predicted molar refractivity (Wildman–Crippen MR) is 90.7 cm³/mol. The van der Waals surface area contributed by atoms with E-state index in [4.69, 9.17) is 0 Å². The van der Waals surface area contributed by atoms with Crippen LogP contribution in [0, 0.1) is 11.8 Å². The van der Waals surface area contributed by atoms with Crippen molar-refractivity contribution in [2.45, 2.75) is 12.3 Å². The van der Waals surface area contributed by atoms with E-state index in [0.717, 1.165) is 18.0 Å². The van der Waals surface area contributed by atoms with Crippen LogP contribution in [-0.2, 0) is 6.42 Å². The fraction of sp³-hybridized carbons (Fsp3) is 0.263. The van der Waals surface area contributed by atoms with Gasteiger partial charge in [-0.25, -0.2) is 4.98 Å². The van der Waals surface area contributed by atoms with E-state index < -0.39 is 0 Å². The monoisotopic (exact) mass is 303 g/mol. The molecule has 2 N–H and O–H groups in total. The highest BCUT2D eigenvalue weighted by Gasteiger charge is 2.54. The molecule has 2 aliphatic rings. The average molecular weight is 303 g/mol. The van der Waals surface area contributed by atoms with Gasteiger partial charge in [-0.2, -0.15) is 0 Å². The highest BCUT2D eigenvalue weighted by molar-refractivity contribution is 5.78. The Morgan fingerprint density at radius 1 is 1.13 bits per heavy atom. The third-order valence-corrected chi connectivity index (χ3v) is 5.32. The maximum Gasteiger partial charge on any atom is 0.260 e. The van der Waals surface area contributed by atoms with Crippen LogP contribution in [0.25, 0.3) is 10.9 Å². The van der Waals surface area contributed by atoms with Crippen molar-refractivity contribution in [2.75, 3.05) is 11.9 Å². The first-order chi connectivity index (χ1) is 11.3. The summed E-state index contributed by atoms with van der Waals surface area (Å²) in [5.74, 6) is 2.67. The molecule has 3 aromatic rings. The Hall–Kier alpha value is -2.62. The molecule has 0 radical (unpaired) electrons. The second-order valence-corrected chi connectivity index (χ2v) is 6.57. The molecule has 3 unspecified atom stereocenters. The highest BCUT2D eigenvalue weighted by atomic mass is 16.1. The molecule has 1 fully saturated rings. The van der Waals surface area contributed by atoms with Crippen molar-refractivity contribution >= 4 is 16.9 Å². The molecule has 3 atom stereocenters. The van der Waals surface area contributed by atoms with Crippen LogP contribution in [0.1, 0.15) is 17.0 Å². The summed E-state index contributed by atoms with van der Waals surface area (Å²) >= 11 is 0. The largest absolute Gasteiger partial charge is 0.355 e. The Morgan fingerprint density at radius 2 is 1.96 bits per heavy atom. The van der Waals surface area contributed by atoms with E-state index in [1.165, 1.54) is 17.5 Å². The first-order valence-electron chi connectivity index (χ1n) is 8.12. The number of aromatic amines is 1. The van der Waals surface area contributed by atoms with Gasteiger partial charge in [-0.1, -0.05) is 36.4 Å². The minimum Gasteiger partial charge on any atom is -0.355 e. The smallest absolute Gasteiger partial charge is 0.260 e. The van der Waals surface area contributed by atoms with Crippen LogP contribution < -0.4 is 10.9 Å². The molecule has 0 saturated heterocycles. The lowest BCUT2D eigenvalue weighted by Crippen LogP contribution is -2.15. The fourth-order valence-corrected chi connectivity index (χ4v) is 4.15. The van der Waals surface area contributed by atoms with Gasteiger partial charge in [0.2, 0.25) is 5.95 Å². The molecule has 1 aromatic heterocycles. The summed E-state index contributed by atoms with van der Waals surface area (Å²) in [6.45, 7) is 0.866. The number of rotatable bonds is 3. The van der Waals surface area contributed by atoms with Gasteiger partial charge in [0.15, 0.2) is 0 Å². The van der Waals surface area contributed by atoms with E-state index in [1.54, 1.807) is 6.07 Å². The number of H-pyrrole nitrogens is 1. The lowest BCUT2D eigenvalue weighted by Gasteiger charge is -2.09. The summed E-state index contributed by atoms with van der Waals surface area (Å²) in [4.78, 5) is 19.4. The molecule has 0 bridgehead atoms. The minimum atomic E-state index is -0.0839. The van der Waals surface area contributed by atoms with E-state index in [0.29, 0.717) is 23.2 Å². The van der Waals surface area contributed by atoms with Crippen LogP contribution in [0.5, 0.6) is 0 Å². The molecule has 23 heavy (non-hydrogen) atoms. The van der Waals surface area contributed by atoms with Crippen LogP contribution in [0.15, 0.2) is 53.3 Å². The Morgan fingerprint density at radius 3 is 2.91 bits per heavy atom. The molecule has 0 aliphatic heterocycles. The van der Waals surface area contributed by atoms with E-state index in [9.17, 15) is 4.79 Å². The van der Waals surface area contributed by atoms with Gasteiger partial charge in [0.05, 0.1) is 10.9 Å². The van der Waals surface area contributed by atoms with E-state index >= 15 is 0 Å². The number of aromatic nitrogens is 2. The van der Waals surface area contributed by atoms with Gasteiger partial charge in [-0.05, 0) is 47.4 Å². The lowest BCUT2D eigenvalue weighted by molar-refractivity contribution is 0.716. The zero-order valence-corrected chi connectivity index (χ0v) is 12.6. The van der Waals surface area contributed by atoms with Crippen molar-refractivity contribution in [2.24, 2.45) is 11.8 Å². The quantitative estimate of drug-likeness (QED) is 0.782. The highest BCUT2D eigenvalue weighted by Crippen LogP contribution is 2.61. The number of para-hydroxylation sites is 1. The summed E-state index contributed by atoms with van der Waals surface area (Å²) in [6.07, 6.45) is 1.19. The number of hydrogen-bond donors (Lipinski definition) is 2. The SMILES string of the molecule is O=c1[nH]c(NCC2C3Cc4ccccc4C23)nc2ccccc12. The second kappa shape index (κ2) is 4.69. The Balaban J connectivity index is 1.34. The maximum atomic E-state index is 12.1. The average Bonchev–Trinajstić information content (AvgIpc) is 3.11. The summed E-state index contributed by atoms with van der Waals surface area (Å²) in [5.41, 5.74) is 3.68. The number of anilines is 1. The maximum absolute atomic E-state index is 12.1. The topological polar surface area (TPSA) is 57.8 Å². The van der Waals surface area contributed by atoms with Crippen LogP contribution in [0.3, 0.4) is 0 Å². The molecular weight excluding hydrogens is 286 g/mol. The van der Waals surface area contributed by atoms with Crippen molar-refractivity contribution < 1.29 is 0 Å². The zero-order chi connectivity index (χ0) is 15.4. The van der Waals surface area contributed by atoms with Crippen molar-refractivity contribution in [3.8, 4) is 0 Å². The molecule has 1 heterocycles. The molecule has 2 aromatic carbocycles. The van der Waals surface area contributed by atoms with E-state index in [2.05, 4.69) is 39.6 Å². The molecular formula is C19H17N3O. The number of nitrogens with one attached hydrogen (secondary N) is 2. The minimum absolute atomic E-state index is 0.0839. The normalized spacial score (nSPS) is 24.3. The van der Waals surface area contributed by atoms with Crippen molar-refractivity contribution in [3.05, 3.63) is 70.0 Å². The molecule has 2 aliphatic carbocycles. The molecule has 0 spiro atoms. The fourth-order valence-electron chi connectivity index (χ4n) is 4.15. The molecule has 4 nitrogen and oxygen atoms in total. The summed E-state index contributed by atoms with van der Waals surface area (Å²) in [7, 11) is 0. The van der Waals surface area contributed by atoms with E-state index in [-0.39, 0.29) is 5.56 Å². The van der Waals surface area contributed by atoms with Gasteiger partial charge in [-0.3, -0.25) is 9.78 Å². The second-order valence-electron chi connectivity index (χ2n) is 6.57. The van der Waals surface area contributed by atoms with Crippen molar-refractivity contribution in [3.63, 3.8) is 0 Å². The standard InChI is InChI=1S/C19H17N3O/c23-18-13-7-3-4-8-16(13)21-19(22-18)20-10-15-14-9-11-5-1-2-6-12(11)17(14)15/h1-8,14-15,17H,9-10H2,(H2,20,21,22,23). The number of nitrogens with zero attached hydrogens (tertiary/aromatic N) is 1. The first-order valence-corrected chi connectivity index (χ1v) is 8.12. The Kier molecular flexibility index (Phi) is 2.62. The van der Waals surface area contributed by atoms with Crippen molar-refractivity contribution in [1.82, 2.24) is 9.97 Å². The molecule has 0 amide bonds. The molecule has 4 heteroatoms. The summed E-state index contributed by atoms with van der Waals surface area (Å²) < 4.78 is 0. The van der Waals surface area contributed by atoms with Crippen LogP contribution >= 0.6 is 0 Å². The van der Waals surface area contributed by atoms with Gasteiger partial charge in [-0.15, -0.1) is 0 Å². The number of benzene rings is 2. The van der Waals surface area contributed by atoms with Gasteiger partial charge in [0, 0.05) is 6.54 Å². The molecule has 5 rings (SSSR count). The van der Waals surface area contributed by atoms with Crippen molar-refractivity contribution in [1.29, 1.82) is 0 Å². The number of fused-ring (bicyclic) bond motifs is 4. The van der Waals surface area contributed by atoms with Gasteiger partial charge >= 0.3 is 0 Å². The van der Waals surface area contributed by atoms with E-state index in [1.807, 2.05) is 18.2 Å². The third kappa shape index (κ3) is 1.98. The van der Waals surface area contributed by atoms with Gasteiger partial charge in [0.1, 0.15) is 0 Å². The molecule has 1 saturated carbocycles. The van der Waals surface area contributed by atoms with Crippen LogP contribution in [-0.4, -0.2) is 16.5 Å². The predicted octanol–water partition coefficient (Wildman–Crippen LogP) is 2.92. The summed E-state index contributed by atoms with van der Waals surface area (Å²) in [5, 5.41) is 3.97. The zero-order valence-electron chi connectivity index (χ0n) is 12.6. The van der Waals surface area contributed by atoms with Gasteiger partial charge in [0.25, 0.3) is 5.56 Å². The number of hydrogen-bond acceptors (Lipinski definition) is 3. The Bertz CT molecular complexity index is 962. The third-order valence-electron chi connectivity index (χ3n) is 5.32. The van der Waals surface area contributed by atoms with Crippen LogP contribution in [0.4, 0.5) is 5.95 Å². The summed E-state index contributed by atoms with van der Waals surface area (Å²) in [6, 6.07) is 16.2.